The summed E-state index contributed by atoms with van der Waals surface area (Å²) in [5.41, 5.74) is 0.0312. The van der Waals surface area contributed by atoms with Crippen molar-refractivity contribution in [3.05, 3.63) is 56.6 Å². The second kappa shape index (κ2) is 8.25. The lowest BCUT2D eigenvalue weighted by molar-refractivity contribution is -0.383. The minimum Gasteiger partial charge on any atom is -0.507 e. The average Bonchev–Trinajstić information content (AvgIpc) is 2.69. The van der Waals surface area contributed by atoms with Gasteiger partial charge in [0.1, 0.15) is 17.0 Å². The zero-order chi connectivity index (χ0) is 26.7. The molecule has 2 amide bonds. The SMILES string of the molecule is CN1C(=O)OC(C)(C)c2cc(NC(=O)c3cc(C(C)(C)C)c(O)c(C(C)(C)C)c3)c([N+](=O)[O-])cc21. The normalized spacial score (nSPS) is 15.3. The first-order chi connectivity index (χ1) is 15.8. The first-order valence-corrected chi connectivity index (χ1v) is 11.3. The summed E-state index contributed by atoms with van der Waals surface area (Å²) in [7, 11) is 1.47. The van der Waals surface area contributed by atoms with Crippen molar-refractivity contribution < 1.29 is 24.4 Å². The molecule has 1 aliphatic heterocycles. The van der Waals surface area contributed by atoms with Gasteiger partial charge in [-0.1, -0.05) is 41.5 Å². The van der Waals surface area contributed by atoms with Crippen LogP contribution in [0, 0.1) is 10.1 Å². The van der Waals surface area contributed by atoms with Crippen LogP contribution in [-0.2, 0) is 21.2 Å². The molecule has 2 aromatic carbocycles. The van der Waals surface area contributed by atoms with Crippen molar-refractivity contribution in [2.24, 2.45) is 0 Å². The summed E-state index contributed by atoms with van der Waals surface area (Å²) in [4.78, 5) is 38.1. The third-order valence-corrected chi connectivity index (χ3v) is 6.17. The minimum absolute atomic E-state index is 0.0131. The molecule has 0 saturated heterocycles. The van der Waals surface area contributed by atoms with Gasteiger partial charge >= 0.3 is 6.09 Å². The summed E-state index contributed by atoms with van der Waals surface area (Å²) in [6.07, 6.45) is -0.623. The van der Waals surface area contributed by atoms with Crippen molar-refractivity contribution in [1.29, 1.82) is 0 Å². The summed E-state index contributed by atoms with van der Waals surface area (Å²) < 4.78 is 5.45. The smallest absolute Gasteiger partial charge is 0.414 e. The number of hydrogen-bond donors (Lipinski definition) is 2. The highest BCUT2D eigenvalue weighted by Crippen LogP contribution is 2.44. The Morgan fingerprint density at radius 3 is 2.03 bits per heavy atom. The number of nitro benzene ring substituents is 1. The quantitative estimate of drug-likeness (QED) is 0.410. The molecule has 1 heterocycles. The molecule has 0 fully saturated rings. The molecular weight excluding hydrogens is 450 g/mol. The molecule has 0 radical (unpaired) electrons. The Labute approximate surface area is 205 Å². The molecule has 0 saturated carbocycles. The predicted octanol–water partition coefficient (Wildman–Crippen LogP) is 5.97. The number of anilines is 2. The Balaban J connectivity index is 2.16. The number of nitrogens with zero attached hydrogens (tertiary/aromatic N) is 2. The standard InChI is InChI=1S/C26H33N3O6/c1-24(2,3)16-10-14(11-17(21(16)30)25(4,5)6)22(31)27-18-12-15-19(13-20(18)29(33)34)28(9)23(32)35-26(15,7)8/h10-13,30H,1-9H3,(H,27,31). The molecule has 9 nitrogen and oxygen atoms in total. The van der Waals surface area contributed by atoms with E-state index in [0.717, 1.165) is 0 Å². The number of fused-ring (bicyclic) bond motifs is 1. The lowest BCUT2D eigenvalue weighted by atomic mass is 9.78. The Morgan fingerprint density at radius 2 is 1.57 bits per heavy atom. The Hall–Kier alpha value is -3.62. The van der Waals surface area contributed by atoms with Gasteiger partial charge in [-0.2, -0.15) is 0 Å². The molecule has 0 spiro atoms. The summed E-state index contributed by atoms with van der Waals surface area (Å²) >= 11 is 0. The number of aromatic hydroxyl groups is 1. The van der Waals surface area contributed by atoms with Crippen molar-refractivity contribution in [3.63, 3.8) is 0 Å². The molecule has 3 rings (SSSR count). The molecular formula is C26H33N3O6. The van der Waals surface area contributed by atoms with Gasteiger partial charge in [0.05, 0.1) is 10.6 Å². The maximum absolute atomic E-state index is 13.4. The third-order valence-electron chi connectivity index (χ3n) is 6.17. The molecule has 188 valence electrons. The highest BCUT2D eigenvalue weighted by atomic mass is 16.6. The van der Waals surface area contributed by atoms with Crippen LogP contribution in [0.2, 0.25) is 0 Å². The van der Waals surface area contributed by atoms with Crippen molar-refractivity contribution in [2.45, 2.75) is 71.8 Å². The molecule has 1 aliphatic rings. The predicted molar refractivity (Wildman–Crippen MR) is 134 cm³/mol. The number of rotatable bonds is 3. The van der Waals surface area contributed by atoms with Gasteiger partial charge in [0.25, 0.3) is 11.6 Å². The van der Waals surface area contributed by atoms with E-state index in [1.807, 2.05) is 41.5 Å². The van der Waals surface area contributed by atoms with E-state index in [-0.39, 0.29) is 22.7 Å². The van der Waals surface area contributed by atoms with Crippen LogP contribution in [0.5, 0.6) is 5.75 Å². The Bertz CT molecular complexity index is 1200. The lowest BCUT2D eigenvalue weighted by Crippen LogP contribution is -2.41. The third kappa shape index (κ3) is 4.80. The van der Waals surface area contributed by atoms with Gasteiger partial charge in [-0.25, -0.2) is 4.79 Å². The van der Waals surface area contributed by atoms with Crippen LogP contribution >= 0.6 is 0 Å². The highest BCUT2D eigenvalue weighted by Gasteiger charge is 2.39. The number of benzene rings is 2. The molecule has 2 N–H and O–H groups in total. The van der Waals surface area contributed by atoms with Gasteiger partial charge in [-0.05, 0) is 42.9 Å². The second-order valence-electron chi connectivity index (χ2n) is 11.5. The first kappa shape index (κ1) is 26.0. The lowest BCUT2D eigenvalue weighted by Gasteiger charge is -2.37. The molecule has 0 aromatic heterocycles. The maximum atomic E-state index is 13.4. The number of ether oxygens (including phenoxy) is 1. The number of phenols is 1. The summed E-state index contributed by atoms with van der Waals surface area (Å²) in [5.74, 6) is -0.420. The second-order valence-corrected chi connectivity index (χ2v) is 11.5. The molecule has 2 aromatic rings. The van der Waals surface area contributed by atoms with Crippen molar-refractivity contribution in [3.8, 4) is 5.75 Å². The van der Waals surface area contributed by atoms with Gasteiger partial charge in [0.15, 0.2) is 0 Å². The fourth-order valence-corrected chi connectivity index (χ4v) is 4.13. The summed E-state index contributed by atoms with van der Waals surface area (Å²) in [6.45, 7) is 15.0. The van der Waals surface area contributed by atoms with Gasteiger partial charge < -0.3 is 15.2 Å². The van der Waals surface area contributed by atoms with E-state index in [1.54, 1.807) is 26.0 Å². The summed E-state index contributed by atoms with van der Waals surface area (Å²) in [6, 6.07) is 5.97. The van der Waals surface area contributed by atoms with Gasteiger partial charge in [0.2, 0.25) is 0 Å². The number of hydrogen-bond acceptors (Lipinski definition) is 6. The minimum atomic E-state index is -1.05. The van der Waals surface area contributed by atoms with E-state index in [9.17, 15) is 24.8 Å². The number of phenolic OH excluding ortho intramolecular Hbond substituents is 1. The van der Waals surface area contributed by atoms with Crippen LogP contribution in [0.1, 0.15) is 82.4 Å². The zero-order valence-electron chi connectivity index (χ0n) is 21.7. The van der Waals surface area contributed by atoms with E-state index >= 15 is 0 Å². The molecule has 0 bridgehead atoms. The zero-order valence-corrected chi connectivity index (χ0v) is 21.7. The molecule has 35 heavy (non-hydrogen) atoms. The fourth-order valence-electron chi connectivity index (χ4n) is 4.13. The van der Waals surface area contributed by atoms with Crippen molar-refractivity contribution in [1.82, 2.24) is 0 Å². The van der Waals surface area contributed by atoms with Gasteiger partial charge in [-0.15, -0.1) is 0 Å². The van der Waals surface area contributed by atoms with E-state index < -0.39 is 33.4 Å². The van der Waals surface area contributed by atoms with Crippen molar-refractivity contribution in [2.75, 3.05) is 17.3 Å². The van der Waals surface area contributed by atoms with E-state index in [1.165, 1.54) is 24.1 Å². The average molecular weight is 484 g/mol. The monoisotopic (exact) mass is 483 g/mol. The number of cyclic esters (lactones) is 1. The molecule has 0 unspecified atom stereocenters. The van der Waals surface area contributed by atoms with Crippen LogP contribution in [0.4, 0.5) is 21.9 Å². The van der Waals surface area contributed by atoms with E-state index in [2.05, 4.69) is 5.32 Å². The molecule has 0 atom stereocenters. The molecule has 9 heteroatoms. The summed E-state index contributed by atoms with van der Waals surface area (Å²) in [5, 5.41) is 25.5. The van der Waals surface area contributed by atoms with Crippen LogP contribution in [-0.4, -0.2) is 29.1 Å². The Morgan fingerprint density at radius 1 is 1.06 bits per heavy atom. The topological polar surface area (TPSA) is 122 Å². The Kier molecular flexibility index (Phi) is 6.13. The van der Waals surface area contributed by atoms with Crippen LogP contribution in [0.15, 0.2) is 24.3 Å². The number of carbonyl (C=O) groups is 2. The molecule has 0 aliphatic carbocycles. The first-order valence-electron chi connectivity index (χ1n) is 11.3. The number of nitro groups is 1. The number of amides is 2. The number of carbonyl (C=O) groups excluding carboxylic acids is 2. The van der Waals surface area contributed by atoms with Crippen molar-refractivity contribution >= 4 is 29.1 Å². The fraction of sp³-hybridized carbons (Fsp3) is 0.462. The van der Waals surface area contributed by atoms with Gasteiger partial charge in [-0.3, -0.25) is 19.8 Å². The number of nitrogens with one attached hydrogen (secondary N) is 1. The van der Waals surface area contributed by atoms with Crippen LogP contribution in [0.3, 0.4) is 0 Å². The van der Waals surface area contributed by atoms with Crippen LogP contribution in [0.25, 0.3) is 0 Å². The maximum Gasteiger partial charge on any atom is 0.414 e. The van der Waals surface area contributed by atoms with Gasteiger partial charge in [0, 0.05) is 35.4 Å². The van der Waals surface area contributed by atoms with E-state index in [0.29, 0.717) is 22.4 Å². The van der Waals surface area contributed by atoms with E-state index in [4.69, 9.17) is 4.74 Å². The van der Waals surface area contributed by atoms with Crippen LogP contribution < -0.4 is 10.2 Å². The largest absolute Gasteiger partial charge is 0.507 e. The highest BCUT2D eigenvalue weighted by molar-refractivity contribution is 6.06.